The Balaban J connectivity index is 1.60. The largest absolute Gasteiger partial charge is 0.619 e. The number of fused-ring (bicyclic) bond motifs is 1. The Kier molecular flexibility index (Phi) is 6.55. The van der Waals surface area contributed by atoms with E-state index >= 15 is 0 Å². The Labute approximate surface area is 217 Å². The van der Waals surface area contributed by atoms with Crippen LogP contribution in [0.15, 0.2) is 94.1 Å². The molecule has 5 aromatic rings. The first-order valence-electron chi connectivity index (χ1n) is 10.4. The maximum Gasteiger partial charge on any atom is 0.280 e. The SMILES string of the molecule is O=C(Nc1c(Cl)cncc1Cl)c1nn(-c2cccc(Sc3ccc[n+]([O-])c3)c2)c2ncccc2c1=O. The molecule has 4 heterocycles. The van der Waals surface area contributed by atoms with Crippen molar-refractivity contribution in [2.75, 3.05) is 5.32 Å². The Morgan fingerprint density at radius 2 is 1.83 bits per heavy atom. The molecule has 0 radical (unpaired) electrons. The fraction of sp³-hybridized carbons (Fsp3) is 0. The molecule has 0 aliphatic carbocycles. The molecule has 9 nitrogen and oxygen atoms in total. The first kappa shape index (κ1) is 23.7. The summed E-state index contributed by atoms with van der Waals surface area (Å²) in [6.45, 7) is 0. The van der Waals surface area contributed by atoms with Crippen LogP contribution in [0.2, 0.25) is 10.0 Å². The van der Waals surface area contributed by atoms with Gasteiger partial charge in [0.2, 0.25) is 5.43 Å². The van der Waals surface area contributed by atoms with Crippen LogP contribution in [0.5, 0.6) is 0 Å². The lowest BCUT2D eigenvalue weighted by atomic mass is 10.2. The van der Waals surface area contributed by atoms with Crippen molar-refractivity contribution in [2.45, 2.75) is 9.79 Å². The third kappa shape index (κ3) is 4.74. The van der Waals surface area contributed by atoms with Gasteiger partial charge in [0.25, 0.3) is 5.91 Å². The number of aromatic nitrogens is 5. The van der Waals surface area contributed by atoms with Gasteiger partial charge in [-0.1, -0.05) is 41.0 Å². The number of amides is 1. The van der Waals surface area contributed by atoms with Gasteiger partial charge in [0.15, 0.2) is 23.7 Å². The molecule has 12 heteroatoms. The normalized spacial score (nSPS) is 10.9. The summed E-state index contributed by atoms with van der Waals surface area (Å²) >= 11 is 13.6. The highest BCUT2D eigenvalue weighted by Crippen LogP contribution is 2.30. The van der Waals surface area contributed by atoms with E-state index in [1.807, 2.05) is 18.2 Å². The van der Waals surface area contributed by atoms with Crippen molar-refractivity contribution >= 4 is 57.6 Å². The van der Waals surface area contributed by atoms with Gasteiger partial charge in [-0.15, -0.1) is 0 Å². The van der Waals surface area contributed by atoms with Crippen LogP contribution in [0, 0.1) is 5.21 Å². The number of hydrogen-bond donors (Lipinski definition) is 1. The van der Waals surface area contributed by atoms with Crippen molar-refractivity contribution in [3.63, 3.8) is 0 Å². The molecule has 1 aromatic carbocycles. The molecule has 1 amide bonds. The van der Waals surface area contributed by atoms with Gasteiger partial charge in [0.1, 0.15) is 0 Å². The zero-order valence-corrected chi connectivity index (χ0v) is 20.5. The standard InChI is InChI=1S/C24H14Cl2N6O3S/c25-18-11-27-12-19(26)20(18)29-24(34)21-22(33)17-7-2-8-28-23(17)32(30-21)14-4-1-5-15(10-14)36-16-6-3-9-31(35)13-16/h1-13H,(H,27,29,34). The summed E-state index contributed by atoms with van der Waals surface area (Å²) in [5.74, 6) is -0.788. The smallest absolute Gasteiger partial charge is 0.280 e. The Morgan fingerprint density at radius 3 is 2.61 bits per heavy atom. The van der Waals surface area contributed by atoms with E-state index in [9.17, 15) is 14.8 Å². The summed E-state index contributed by atoms with van der Waals surface area (Å²) in [6.07, 6.45) is 7.05. The van der Waals surface area contributed by atoms with Crippen molar-refractivity contribution < 1.29 is 9.52 Å². The zero-order valence-electron chi connectivity index (χ0n) is 18.1. The molecule has 4 aromatic heterocycles. The molecule has 1 N–H and O–H groups in total. The number of anilines is 1. The molecule has 0 saturated heterocycles. The molecule has 0 bridgehead atoms. The molecule has 0 spiro atoms. The Hall–Kier alpha value is -3.99. The molecule has 0 saturated carbocycles. The fourth-order valence-corrected chi connectivity index (χ4v) is 4.77. The molecule has 0 fully saturated rings. The minimum absolute atomic E-state index is 0.115. The predicted molar refractivity (Wildman–Crippen MR) is 137 cm³/mol. The summed E-state index contributed by atoms with van der Waals surface area (Å²) < 4.78 is 2.14. The van der Waals surface area contributed by atoms with Crippen molar-refractivity contribution in [1.82, 2.24) is 19.7 Å². The molecule has 0 aliphatic heterocycles. The first-order valence-corrected chi connectivity index (χ1v) is 11.9. The number of nitrogens with one attached hydrogen (secondary N) is 1. The van der Waals surface area contributed by atoms with Gasteiger partial charge in [0, 0.05) is 29.6 Å². The second kappa shape index (κ2) is 9.94. The van der Waals surface area contributed by atoms with Crippen LogP contribution in [0.25, 0.3) is 16.7 Å². The maximum atomic E-state index is 13.2. The summed E-state index contributed by atoms with van der Waals surface area (Å²) in [4.78, 5) is 36.0. The highest BCUT2D eigenvalue weighted by Gasteiger charge is 2.21. The number of nitrogens with zero attached hydrogens (tertiary/aromatic N) is 5. The van der Waals surface area contributed by atoms with E-state index in [-0.39, 0.29) is 32.5 Å². The third-order valence-electron chi connectivity index (χ3n) is 5.00. The van der Waals surface area contributed by atoms with E-state index in [4.69, 9.17) is 23.2 Å². The van der Waals surface area contributed by atoms with Gasteiger partial charge in [-0.25, -0.2) is 9.67 Å². The quantitative estimate of drug-likeness (QED) is 0.259. The third-order valence-corrected chi connectivity index (χ3v) is 6.54. The summed E-state index contributed by atoms with van der Waals surface area (Å²) in [5, 5.41) is 19.0. The number of hydrogen-bond acceptors (Lipinski definition) is 7. The molecule has 36 heavy (non-hydrogen) atoms. The van der Waals surface area contributed by atoms with Gasteiger partial charge in [-0.05, 0) is 36.4 Å². The summed E-state index contributed by atoms with van der Waals surface area (Å²) in [6, 6.07) is 13.9. The van der Waals surface area contributed by atoms with E-state index in [0.717, 1.165) is 14.5 Å². The van der Waals surface area contributed by atoms with Crippen molar-refractivity contribution in [2.24, 2.45) is 0 Å². The summed E-state index contributed by atoms with van der Waals surface area (Å²) in [7, 11) is 0. The highest BCUT2D eigenvalue weighted by molar-refractivity contribution is 7.99. The van der Waals surface area contributed by atoms with Crippen LogP contribution in [-0.4, -0.2) is 25.7 Å². The van der Waals surface area contributed by atoms with E-state index < -0.39 is 11.3 Å². The van der Waals surface area contributed by atoms with Crippen molar-refractivity contribution in [3.05, 3.63) is 111 Å². The van der Waals surface area contributed by atoms with Crippen LogP contribution < -0.4 is 15.5 Å². The molecule has 0 unspecified atom stereocenters. The predicted octanol–water partition coefficient (Wildman–Crippen LogP) is 4.52. The van der Waals surface area contributed by atoms with E-state index in [1.54, 1.807) is 30.3 Å². The van der Waals surface area contributed by atoms with Crippen LogP contribution >= 0.6 is 35.0 Å². The molecule has 0 aliphatic rings. The number of halogens is 2. The lowest BCUT2D eigenvalue weighted by Crippen LogP contribution is -2.27. The van der Waals surface area contributed by atoms with Gasteiger partial charge in [-0.3, -0.25) is 14.6 Å². The molecule has 0 atom stereocenters. The second-order valence-corrected chi connectivity index (χ2v) is 9.36. The topological polar surface area (TPSA) is 117 Å². The van der Waals surface area contributed by atoms with Gasteiger partial charge in [-0.2, -0.15) is 9.83 Å². The van der Waals surface area contributed by atoms with E-state index in [2.05, 4.69) is 20.4 Å². The molecular weight excluding hydrogens is 523 g/mol. The minimum atomic E-state index is -0.788. The Bertz CT molecular complexity index is 1670. The average molecular weight is 537 g/mol. The fourth-order valence-electron chi connectivity index (χ4n) is 3.40. The monoisotopic (exact) mass is 536 g/mol. The van der Waals surface area contributed by atoms with Gasteiger partial charge >= 0.3 is 0 Å². The second-order valence-electron chi connectivity index (χ2n) is 7.40. The van der Waals surface area contributed by atoms with Crippen LogP contribution in [0.1, 0.15) is 10.5 Å². The van der Waals surface area contributed by atoms with E-state index in [1.165, 1.54) is 47.4 Å². The van der Waals surface area contributed by atoms with Crippen molar-refractivity contribution in [3.8, 4) is 5.69 Å². The first-order chi connectivity index (χ1) is 17.4. The maximum absolute atomic E-state index is 13.2. The minimum Gasteiger partial charge on any atom is -0.619 e. The van der Waals surface area contributed by atoms with Gasteiger partial charge in [0.05, 0.1) is 31.7 Å². The zero-order chi connectivity index (χ0) is 25.2. The lowest BCUT2D eigenvalue weighted by molar-refractivity contribution is -0.607. The van der Waals surface area contributed by atoms with Crippen LogP contribution in [-0.2, 0) is 0 Å². The van der Waals surface area contributed by atoms with Crippen LogP contribution in [0.4, 0.5) is 5.69 Å². The number of pyridine rings is 3. The van der Waals surface area contributed by atoms with E-state index in [0.29, 0.717) is 5.69 Å². The number of benzene rings is 1. The number of carbonyl (C=O) groups is 1. The van der Waals surface area contributed by atoms with Gasteiger partial charge < -0.3 is 10.5 Å². The molecular formula is C24H14Cl2N6O3S. The number of rotatable bonds is 5. The summed E-state index contributed by atoms with van der Waals surface area (Å²) in [5.41, 5.74) is -0.00731. The molecule has 5 rings (SSSR count). The average Bonchev–Trinajstić information content (AvgIpc) is 2.87. The highest BCUT2D eigenvalue weighted by atomic mass is 35.5. The molecule has 178 valence electrons. The Morgan fingerprint density at radius 1 is 1.06 bits per heavy atom. The van der Waals surface area contributed by atoms with Crippen LogP contribution in [0.3, 0.4) is 0 Å². The lowest BCUT2D eigenvalue weighted by Gasteiger charge is -2.13. The van der Waals surface area contributed by atoms with Crippen molar-refractivity contribution in [1.29, 1.82) is 0 Å². The number of carbonyl (C=O) groups excluding carboxylic acids is 1.